The highest BCUT2D eigenvalue weighted by Crippen LogP contribution is 2.47. The van der Waals surface area contributed by atoms with Crippen LogP contribution in [0.25, 0.3) is 21.9 Å². The van der Waals surface area contributed by atoms with E-state index in [0.29, 0.717) is 48.0 Å². The Balaban J connectivity index is 1.41. The summed E-state index contributed by atoms with van der Waals surface area (Å²) in [6.07, 6.45) is -8.94. The average molecular weight is 740 g/mol. The Morgan fingerprint density at radius 2 is 1.56 bits per heavy atom. The first kappa shape index (κ1) is 39.3. The molecule has 2 aliphatic rings. The van der Waals surface area contributed by atoms with Crippen molar-refractivity contribution in [3.05, 3.63) is 65.7 Å². The van der Waals surface area contributed by atoms with Gasteiger partial charge >= 0.3 is 12.1 Å². The molecule has 2 aliphatic heterocycles. The Morgan fingerprint density at radius 1 is 0.923 bits per heavy atom. The van der Waals surface area contributed by atoms with Crippen molar-refractivity contribution in [3.8, 4) is 16.9 Å². The summed E-state index contributed by atoms with van der Waals surface area (Å²) in [5, 5.41) is 13.6. The number of fused-ring (bicyclic) bond motifs is 1. The van der Waals surface area contributed by atoms with Gasteiger partial charge in [-0.1, -0.05) is 55.5 Å². The van der Waals surface area contributed by atoms with E-state index in [0.717, 1.165) is 21.6 Å². The fourth-order valence-corrected chi connectivity index (χ4v) is 7.45. The van der Waals surface area contributed by atoms with Crippen LogP contribution in [-0.2, 0) is 22.4 Å². The predicted octanol–water partition coefficient (Wildman–Crippen LogP) is 7.45. The first-order valence-corrected chi connectivity index (χ1v) is 17.4. The Labute approximate surface area is 298 Å². The summed E-state index contributed by atoms with van der Waals surface area (Å²) >= 11 is 0. The van der Waals surface area contributed by atoms with E-state index in [2.05, 4.69) is 5.32 Å². The highest BCUT2D eigenvalue weighted by molar-refractivity contribution is 6.00. The van der Waals surface area contributed by atoms with Crippen LogP contribution in [-0.4, -0.2) is 97.7 Å². The maximum atomic E-state index is 14.4. The number of rotatable bonds is 12. The maximum Gasteiger partial charge on any atom is 0.403 e. The molecule has 14 heteroatoms. The summed E-state index contributed by atoms with van der Waals surface area (Å²) in [5.74, 6) is -5.87. The lowest BCUT2D eigenvalue weighted by molar-refractivity contribution is -0.233. The van der Waals surface area contributed by atoms with Crippen LogP contribution >= 0.6 is 0 Å². The first-order chi connectivity index (χ1) is 24.6. The molecule has 2 atom stereocenters. The summed E-state index contributed by atoms with van der Waals surface area (Å²) in [7, 11) is 1.54. The third-order valence-electron chi connectivity index (χ3n) is 10.8. The van der Waals surface area contributed by atoms with Gasteiger partial charge in [0.1, 0.15) is 17.2 Å². The first-order valence-electron chi connectivity index (χ1n) is 17.4. The average Bonchev–Trinajstić information content (AvgIpc) is 3.22. The molecule has 2 fully saturated rings. The second-order valence-corrected chi connectivity index (χ2v) is 13.9. The molecule has 284 valence electrons. The van der Waals surface area contributed by atoms with Gasteiger partial charge in [0.25, 0.3) is 12.3 Å². The van der Waals surface area contributed by atoms with Crippen molar-refractivity contribution in [1.82, 2.24) is 15.1 Å². The third-order valence-corrected chi connectivity index (χ3v) is 10.8. The van der Waals surface area contributed by atoms with Crippen LogP contribution in [0.15, 0.2) is 54.6 Å². The number of nitrogens with one attached hydrogen (secondary N) is 1. The number of carboxylic acids is 1. The predicted molar refractivity (Wildman–Crippen MR) is 183 cm³/mol. The van der Waals surface area contributed by atoms with Crippen molar-refractivity contribution in [2.24, 2.45) is 11.3 Å². The number of hydrogen-bond donors (Lipinski definition) is 2. The van der Waals surface area contributed by atoms with Crippen molar-refractivity contribution in [2.75, 3.05) is 46.4 Å². The van der Waals surface area contributed by atoms with E-state index >= 15 is 0 Å². The molecule has 1 unspecified atom stereocenters. The number of halogens is 7. The number of hydrogen-bond acceptors (Lipinski definition) is 5. The molecule has 52 heavy (non-hydrogen) atoms. The number of aliphatic carboxylic acids is 1. The van der Waals surface area contributed by atoms with E-state index in [-0.39, 0.29) is 32.5 Å². The maximum absolute atomic E-state index is 14.4. The van der Waals surface area contributed by atoms with E-state index in [9.17, 15) is 45.4 Å². The van der Waals surface area contributed by atoms with E-state index in [4.69, 9.17) is 4.74 Å². The Kier molecular flexibility index (Phi) is 12.1. The zero-order valence-electron chi connectivity index (χ0n) is 29.1. The van der Waals surface area contributed by atoms with Crippen LogP contribution in [0.5, 0.6) is 5.75 Å². The van der Waals surface area contributed by atoms with Gasteiger partial charge in [-0.15, -0.1) is 0 Å². The van der Waals surface area contributed by atoms with Crippen molar-refractivity contribution < 1.29 is 50.2 Å². The van der Waals surface area contributed by atoms with Gasteiger partial charge < -0.3 is 20.1 Å². The number of benzene rings is 3. The SMILES string of the molecule is COc1cccc(CCN2CCC(C)C(F)(F)CC2)c1-c1cccc2c(C[C@H](NC(=O)C3(C(F)(F)F)CCN(CC(F)F)CC3)C(=O)O)cccc12. The Morgan fingerprint density at radius 3 is 2.21 bits per heavy atom. The monoisotopic (exact) mass is 739 g/mol. The Bertz CT molecular complexity index is 1730. The number of amides is 1. The van der Waals surface area contributed by atoms with Gasteiger partial charge in [0.05, 0.1) is 13.7 Å². The molecule has 3 aromatic carbocycles. The van der Waals surface area contributed by atoms with Crippen LogP contribution in [0.3, 0.4) is 0 Å². The number of piperidine rings is 1. The standard InChI is InChI=1S/C38H44F7N3O4/c1-24-12-17-47(21-16-37(24,41)42)18-13-25-6-4-11-31(52-2)33(25)29-10-5-8-27-26(7-3-9-28(27)29)22-30(34(49)50)46-35(51)36(38(43,44)45)14-19-48(20-15-36)23-32(39)40/h3-11,24,30,32H,12-23H2,1-2H3,(H,46,51)(H,49,50)/t24?,30-/m0/s1. The highest BCUT2D eigenvalue weighted by Gasteiger charge is 2.61. The summed E-state index contributed by atoms with van der Waals surface area (Å²) in [6.45, 7) is 1.45. The quantitative estimate of drug-likeness (QED) is 0.188. The van der Waals surface area contributed by atoms with Gasteiger partial charge in [-0.2, -0.15) is 13.2 Å². The second kappa shape index (κ2) is 16.0. The molecule has 2 N–H and O–H groups in total. The lowest BCUT2D eigenvalue weighted by Crippen LogP contribution is -2.59. The molecular weight excluding hydrogens is 695 g/mol. The van der Waals surface area contributed by atoms with Gasteiger partial charge in [-0.25, -0.2) is 22.4 Å². The van der Waals surface area contributed by atoms with Crippen LogP contribution in [0.4, 0.5) is 30.7 Å². The zero-order chi connectivity index (χ0) is 37.8. The molecule has 0 saturated carbocycles. The molecule has 3 aromatic rings. The highest BCUT2D eigenvalue weighted by atomic mass is 19.4. The smallest absolute Gasteiger partial charge is 0.403 e. The number of carbonyl (C=O) groups is 2. The van der Waals surface area contributed by atoms with E-state index in [1.807, 2.05) is 29.2 Å². The van der Waals surface area contributed by atoms with Crippen LogP contribution in [0.2, 0.25) is 0 Å². The largest absolute Gasteiger partial charge is 0.496 e. The molecule has 0 spiro atoms. The number of carbonyl (C=O) groups excluding carboxylic acids is 1. The van der Waals surface area contributed by atoms with Crippen LogP contribution in [0, 0.1) is 11.3 Å². The van der Waals surface area contributed by atoms with Crippen molar-refractivity contribution in [3.63, 3.8) is 0 Å². The summed E-state index contributed by atoms with van der Waals surface area (Å²) in [4.78, 5) is 29.0. The molecule has 0 radical (unpaired) electrons. The lowest BCUT2D eigenvalue weighted by atomic mass is 9.76. The summed E-state index contributed by atoms with van der Waals surface area (Å²) in [5.41, 5.74) is -0.0114. The second-order valence-electron chi connectivity index (χ2n) is 13.9. The van der Waals surface area contributed by atoms with Gasteiger partial charge in [-0.05, 0) is 78.8 Å². The fourth-order valence-electron chi connectivity index (χ4n) is 7.45. The van der Waals surface area contributed by atoms with Crippen molar-refractivity contribution in [1.29, 1.82) is 0 Å². The van der Waals surface area contributed by atoms with Crippen LogP contribution < -0.4 is 10.1 Å². The summed E-state index contributed by atoms with van der Waals surface area (Å²) in [6, 6.07) is 14.5. The van der Waals surface area contributed by atoms with Crippen molar-refractivity contribution >= 4 is 22.6 Å². The van der Waals surface area contributed by atoms with Gasteiger partial charge in [0.15, 0.2) is 0 Å². The molecule has 5 rings (SSSR count). The molecule has 2 saturated heterocycles. The normalized spacial score (nSPS) is 20.4. The number of methoxy groups -OCH3 is 1. The topological polar surface area (TPSA) is 82.1 Å². The minimum Gasteiger partial charge on any atom is -0.496 e. The molecule has 0 aliphatic carbocycles. The number of likely N-dealkylation sites (tertiary alicyclic amines) is 2. The third kappa shape index (κ3) is 8.48. The van der Waals surface area contributed by atoms with Gasteiger partial charge in [0, 0.05) is 37.4 Å². The molecule has 1 amide bonds. The van der Waals surface area contributed by atoms with E-state index in [1.54, 1.807) is 37.3 Å². The van der Waals surface area contributed by atoms with E-state index < -0.39 is 67.2 Å². The minimum absolute atomic E-state index is 0.208. The number of carboxylic acid groups (broad SMARTS) is 1. The lowest BCUT2D eigenvalue weighted by Gasteiger charge is -2.41. The van der Waals surface area contributed by atoms with E-state index in [1.165, 1.54) is 7.11 Å². The van der Waals surface area contributed by atoms with Gasteiger partial charge in [0.2, 0.25) is 5.91 Å². The number of alkyl halides is 7. The molecule has 2 heterocycles. The molecule has 0 bridgehead atoms. The number of ether oxygens (including phenoxy) is 1. The summed E-state index contributed by atoms with van der Waals surface area (Å²) < 4.78 is 104. The molecule has 7 nitrogen and oxygen atoms in total. The fraction of sp³-hybridized carbons (Fsp3) is 0.526. The molecular formula is C38H44F7N3O4. The Hall–Kier alpha value is -3.91. The minimum atomic E-state index is -5.03. The number of nitrogens with zero attached hydrogens (tertiary/aromatic N) is 2. The zero-order valence-corrected chi connectivity index (χ0v) is 29.1. The van der Waals surface area contributed by atoms with Crippen molar-refractivity contribution in [2.45, 2.75) is 70.0 Å². The van der Waals surface area contributed by atoms with Gasteiger partial charge in [-0.3, -0.25) is 9.69 Å². The van der Waals surface area contributed by atoms with Crippen LogP contribution in [0.1, 0.15) is 43.7 Å². The molecule has 0 aromatic heterocycles.